The fourth-order valence-corrected chi connectivity index (χ4v) is 5.05. The van der Waals surface area contributed by atoms with E-state index < -0.39 is 11.9 Å². The second-order valence-electron chi connectivity index (χ2n) is 8.13. The number of rotatable bonds is 8. The zero-order chi connectivity index (χ0) is 23.2. The zero-order valence-electron chi connectivity index (χ0n) is 18.5. The Morgan fingerprint density at radius 3 is 2.61 bits per heavy atom. The SMILES string of the molecule is COc1ccccc1C(C(=O)NC1CCCC1)N(C(=O)Cc1cccs1)c1cccc(F)c1. The predicted molar refractivity (Wildman–Crippen MR) is 128 cm³/mol. The third-order valence-corrected chi connectivity index (χ3v) is 6.78. The van der Waals surface area contributed by atoms with Gasteiger partial charge >= 0.3 is 0 Å². The number of methoxy groups -OCH3 is 1. The third-order valence-electron chi connectivity index (χ3n) is 5.90. The van der Waals surface area contributed by atoms with Gasteiger partial charge in [-0.25, -0.2) is 4.39 Å². The van der Waals surface area contributed by atoms with Gasteiger partial charge in [-0.1, -0.05) is 43.2 Å². The first-order chi connectivity index (χ1) is 16.1. The largest absolute Gasteiger partial charge is 0.496 e. The fraction of sp³-hybridized carbons (Fsp3) is 0.308. The second kappa shape index (κ2) is 10.6. The highest BCUT2D eigenvalue weighted by Crippen LogP contribution is 2.35. The molecule has 0 saturated heterocycles. The number of benzene rings is 2. The van der Waals surface area contributed by atoms with Crippen LogP contribution in [0.15, 0.2) is 66.0 Å². The van der Waals surface area contributed by atoms with Gasteiger partial charge in [-0.15, -0.1) is 11.3 Å². The highest BCUT2D eigenvalue weighted by molar-refractivity contribution is 7.10. The molecule has 1 heterocycles. The van der Waals surface area contributed by atoms with Crippen LogP contribution in [0.3, 0.4) is 0 Å². The van der Waals surface area contributed by atoms with Gasteiger partial charge in [0.25, 0.3) is 0 Å². The lowest BCUT2D eigenvalue weighted by Crippen LogP contribution is -2.47. The van der Waals surface area contributed by atoms with Gasteiger partial charge in [-0.3, -0.25) is 14.5 Å². The molecule has 1 fully saturated rings. The van der Waals surface area contributed by atoms with E-state index in [2.05, 4.69) is 5.32 Å². The summed E-state index contributed by atoms with van der Waals surface area (Å²) in [5.41, 5.74) is 0.883. The number of amides is 2. The molecular formula is C26H27FN2O3S. The predicted octanol–water partition coefficient (Wildman–Crippen LogP) is 5.27. The molecule has 0 spiro atoms. The molecule has 1 aromatic heterocycles. The average molecular weight is 467 g/mol. The lowest BCUT2D eigenvalue weighted by molar-refractivity contribution is -0.127. The van der Waals surface area contributed by atoms with Crippen molar-refractivity contribution in [2.75, 3.05) is 12.0 Å². The molecule has 1 aliphatic rings. The van der Waals surface area contributed by atoms with Crippen molar-refractivity contribution in [1.29, 1.82) is 0 Å². The molecule has 5 nitrogen and oxygen atoms in total. The van der Waals surface area contributed by atoms with Crippen LogP contribution in [0.4, 0.5) is 10.1 Å². The zero-order valence-corrected chi connectivity index (χ0v) is 19.3. The Morgan fingerprint density at radius 2 is 1.91 bits per heavy atom. The lowest BCUT2D eigenvalue weighted by atomic mass is 10.0. The van der Waals surface area contributed by atoms with Gasteiger partial charge in [0.2, 0.25) is 11.8 Å². The summed E-state index contributed by atoms with van der Waals surface area (Å²) < 4.78 is 19.8. The maximum atomic E-state index is 14.2. The van der Waals surface area contributed by atoms with Crippen LogP contribution in [0.1, 0.15) is 42.2 Å². The standard InChI is InChI=1S/C26H27FN2O3S/c1-32-23-14-5-4-13-22(23)25(26(31)28-19-9-2-3-10-19)29(20-11-6-8-18(27)16-20)24(30)17-21-12-7-15-33-21/h4-8,11-16,19,25H,2-3,9-10,17H2,1H3,(H,28,31). The van der Waals surface area contributed by atoms with Gasteiger partial charge in [-0.2, -0.15) is 0 Å². The van der Waals surface area contributed by atoms with Crippen LogP contribution in [0.5, 0.6) is 5.75 Å². The Kier molecular flexibility index (Phi) is 7.40. The molecule has 0 radical (unpaired) electrons. The monoisotopic (exact) mass is 466 g/mol. The quantitative estimate of drug-likeness (QED) is 0.492. The normalized spacial score (nSPS) is 14.6. The first kappa shape index (κ1) is 23.0. The van der Waals surface area contributed by atoms with Crippen molar-refractivity contribution < 1.29 is 18.7 Å². The van der Waals surface area contributed by atoms with Gasteiger partial charge in [-0.05, 0) is 48.6 Å². The number of hydrogen-bond donors (Lipinski definition) is 1. The number of para-hydroxylation sites is 1. The molecule has 0 bridgehead atoms. The third kappa shape index (κ3) is 5.42. The van der Waals surface area contributed by atoms with Gasteiger partial charge < -0.3 is 10.1 Å². The minimum absolute atomic E-state index is 0.0662. The Morgan fingerprint density at radius 1 is 1.12 bits per heavy atom. The molecule has 1 unspecified atom stereocenters. The maximum absolute atomic E-state index is 14.2. The highest BCUT2D eigenvalue weighted by atomic mass is 32.1. The van der Waals surface area contributed by atoms with Crippen molar-refractivity contribution in [3.63, 3.8) is 0 Å². The molecule has 7 heteroatoms. The van der Waals surface area contributed by atoms with E-state index in [1.807, 2.05) is 23.6 Å². The van der Waals surface area contributed by atoms with Crippen LogP contribution in [0.25, 0.3) is 0 Å². The lowest BCUT2D eigenvalue weighted by Gasteiger charge is -2.33. The number of anilines is 1. The van der Waals surface area contributed by atoms with Crippen molar-refractivity contribution in [2.45, 2.75) is 44.2 Å². The molecule has 33 heavy (non-hydrogen) atoms. The maximum Gasteiger partial charge on any atom is 0.248 e. The van der Waals surface area contributed by atoms with E-state index in [1.54, 1.807) is 30.3 Å². The average Bonchev–Trinajstić information content (AvgIpc) is 3.51. The molecule has 172 valence electrons. The van der Waals surface area contributed by atoms with Crippen LogP contribution in [0, 0.1) is 5.82 Å². The molecule has 1 N–H and O–H groups in total. The topological polar surface area (TPSA) is 58.6 Å². The van der Waals surface area contributed by atoms with E-state index in [9.17, 15) is 14.0 Å². The van der Waals surface area contributed by atoms with Crippen molar-refractivity contribution in [3.05, 3.63) is 82.3 Å². The van der Waals surface area contributed by atoms with E-state index in [0.29, 0.717) is 17.0 Å². The molecule has 4 rings (SSSR count). The molecule has 1 saturated carbocycles. The van der Waals surface area contributed by atoms with E-state index >= 15 is 0 Å². The van der Waals surface area contributed by atoms with Crippen LogP contribution in [-0.4, -0.2) is 25.0 Å². The number of thiophene rings is 1. The summed E-state index contributed by atoms with van der Waals surface area (Å²) in [5.74, 6) is -0.568. The minimum Gasteiger partial charge on any atom is -0.496 e. The number of nitrogens with zero attached hydrogens (tertiary/aromatic N) is 1. The summed E-state index contributed by atoms with van der Waals surface area (Å²) in [6.07, 6.45) is 4.06. The molecule has 2 amide bonds. The van der Waals surface area contributed by atoms with Crippen molar-refractivity contribution in [1.82, 2.24) is 5.32 Å². The molecular weight excluding hydrogens is 439 g/mol. The molecule has 3 aromatic rings. The highest BCUT2D eigenvalue weighted by Gasteiger charge is 2.36. The van der Waals surface area contributed by atoms with Gasteiger partial charge in [0.1, 0.15) is 17.6 Å². The summed E-state index contributed by atoms with van der Waals surface area (Å²) in [7, 11) is 1.53. The van der Waals surface area contributed by atoms with Crippen molar-refractivity contribution >= 4 is 28.8 Å². The molecule has 1 atom stereocenters. The summed E-state index contributed by atoms with van der Waals surface area (Å²) in [6.45, 7) is 0. The number of carbonyl (C=O) groups excluding carboxylic acids is 2. The Labute approximate surface area is 197 Å². The smallest absolute Gasteiger partial charge is 0.248 e. The van der Waals surface area contributed by atoms with Gasteiger partial charge in [0.05, 0.1) is 13.5 Å². The summed E-state index contributed by atoms with van der Waals surface area (Å²) in [5, 5.41) is 5.03. The second-order valence-corrected chi connectivity index (χ2v) is 9.17. The molecule has 2 aromatic carbocycles. The number of carbonyl (C=O) groups is 2. The minimum atomic E-state index is -1.00. The van der Waals surface area contributed by atoms with Crippen LogP contribution in [-0.2, 0) is 16.0 Å². The van der Waals surface area contributed by atoms with E-state index in [4.69, 9.17) is 4.74 Å². The van der Waals surface area contributed by atoms with Crippen molar-refractivity contribution in [3.8, 4) is 5.75 Å². The van der Waals surface area contributed by atoms with E-state index in [1.165, 1.54) is 35.5 Å². The molecule has 0 aliphatic heterocycles. The van der Waals surface area contributed by atoms with Gasteiger partial charge in [0.15, 0.2) is 0 Å². The Bertz CT molecular complexity index is 1100. The van der Waals surface area contributed by atoms with Crippen LogP contribution in [0.2, 0.25) is 0 Å². The van der Waals surface area contributed by atoms with Crippen LogP contribution >= 0.6 is 11.3 Å². The number of hydrogen-bond acceptors (Lipinski definition) is 4. The van der Waals surface area contributed by atoms with Gasteiger partial charge in [0, 0.05) is 22.2 Å². The summed E-state index contributed by atoms with van der Waals surface area (Å²) in [6, 6.07) is 15.8. The Hall–Kier alpha value is -3.19. The summed E-state index contributed by atoms with van der Waals surface area (Å²) >= 11 is 1.47. The van der Waals surface area contributed by atoms with E-state index in [0.717, 1.165) is 30.6 Å². The van der Waals surface area contributed by atoms with Crippen molar-refractivity contribution in [2.24, 2.45) is 0 Å². The Balaban J connectivity index is 1.80. The van der Waals surface area contributed by atoms with E-state index in [-0.39, 0.29) is 24.3 Å². The first-order valence-corrected chi connectivity index (χ1v) is 12.0. The fourth-order valence-electron chi connectivity index (χ4n) is 4.35. The first-order valence-electron chi connectivity index (χ1n) is 11.1. The van der Waals surface area contributed by atoms with Crippen LogP contribution < -0.4 is 15.0 Å². The number of ether oxygens (including phenoxy) is 1. The summed E-state index contributed by atoms with van der Waals surface area (Å²) in [4.78, 5) is 29.7. The number of nitrogens with one attached hydrogen (secondary N) is 1. The molecule has 1 aliphatic carbocycles. The number of halogens is 1.